The van der Waals surface area contributed by atoms with E-state index in [0.717, 1.165) is 21.4 Å². The van der Waals surface area contributed by atoms with Crippen LogP contribution >= 0.6 is 11.3 Å². The minimum Gasteiger partial charge on any atom is -0.316 e. The zero-order chi connectivity index (χ0) is 16.2. The summed E-state index contributed by atoms with van der Waals surface area (Å²) in [6.07, 6.45) is 7.18. The van der Waals surface area contributed by atoms with Gasteiger partial charge in [-0.2, -0.15) is 0 Å². The summed E-state index contributed by atoms with van der Waals surface area (Å²) in [6.45, 7) is 8.00. The van der Waals surface area contributed by atoms with Crippen molar-refractivity contribution in [2.45, 2.75) is 27.7 Å². The molecule has 116 valence electrons. The van der Waals surface area contributed by atoms with Crippen molar-refractivity contribution in [1.29, 1.82) is 0 Å². The quantitative estimate of drug-likeness (QED) is 0.703. The molecule has 0 bridgehead atoms. The number of thiazole rings is 1. The van der Waals surface area contributed by atoms with Gasteiger partial charge in [0.2, 0.25) is 0 Å². The van der Waals surface area contributed by atoms with Crippen LogP contribution in [0.1, 0.15) is 27.7 Å². The molecule has 3 aromatic heterocycles. The van der Waals surface area contributed by atoms with Gasteiger partial charge in [0.05, 0.1) is 4.88 Å². The van der Waals surface area contributed by atoms with Gasteiger partial charge in [0.15, 0.2) is 5.13 Å². The van der Waals surface area contributed by atoms with Crippen molar-refractivity contribution < 1.29 is 0 Å². The molecule has 0 atom stereocenters. The van der Waals surface area contributed by atoms with E-state index in [1.54, 1.807) is 23.7 Å². The van der Waals surface area contributed by atoms with Crippen LogP contribution in [0.15, 0.2) is 55.1 Å². The third kappa shape index (κ3) is 5.26. The van der Waals surface area contributed by atoms with Crippen LogP contribution in [0.4, 0.5) is 10.9 Å². The van der Waals surface area contributed by atoms with E-state index in [4.69, 9.17) is 0 Å². The number of nitrogens with one attached hydrogen (secondary N) is 1. The molecular weight excluding hydrogens is 292 g/mol. The van der Waals surface area contributed by atoms with Crippen LogP contribution in [0.3, 0.4) is 0 Å². The minimum atomic E-state index is 0.796. The van der Waals surface area contributed by atoms with Crippen molar-refractivity contribution >= 4 is 22.3 Å². The SMILES string of the molecule is CC.CC.c1ccc(Nc2ncc(-c3cccnc3)s2)nc1. The fourth-order valence-electron chi connectivity index (χ4n) is 1.52. The molecule has 0 aliphatic carbocycles. The zero-order valence-corrected chi connectivity index (χ0v) is 14.3. The molecule has 0 saturated heterocycles. The van der Waals surface area contributed by atoms with E-state index in [2.05, 4.69) is 20.3 Å². The van der Waals surface area contributed by atoms with Crippen molar-refractivity contribution in [2.75, 3.05) is 5.32 Å². The van der Waals surface area contributed by atoms with Gasteiger partial charge in [-0.3, -0.25) is 4.98 Å². The first-order chi connectivity index (χ1) is 10.9. The predicted octanol–water partition coefficient (Wildman–Crippen LogP) is 5.40. The number of nitrogens with zero attached hydrogens (tertiary/aromatic N) is 3. The Hall–Kier alpha value is -2.27. The molecule has 0 saturated carbocycles. The Morgan fingerprint density at radius 3 is 2.32 bits per heavy atom. The van der Waals surface area contributed by atoms with Crippen LogP contribution in [-0.2, 0) is 0 Å². The average molecular weight is 314 g/mol. The molecule has 0 fully saturated rings. The lowest BCUT2D eigenvalue weighted by atomic mass is 10.3. The van der Waals surface area contributed by atoms with E-state index in [1.165, 1.54) is 0 Å². The molecule has 0 aliphatic heterocycles. The monoisotopic (exact) mass is 314 g/mol. The van der Waals surface area contributed by atoms with Gasteiger partial charge in [0, 0.05) is 30.4 Å². The third-order valence-corrected chi connectivity index (χ3v) is 3.31. The van der Waals surface area contributed by atoms with Gasteiger partial charge in [-0.15, -0.1) is 0 Å². The van der Waals surface area contributed by atoms with Crippen molar-refractivity contribution in [3.63, 3.8) is 0 Å². The smallest absolute Gasteiger partial charge is 0.188 e. The third-order valence-electron chi connectivity index (χ3n) is 2.35. The first-order valence-electron chi connectivity index (χ1n) is 7.46. The van der Waals surface area contributed by atoms with Crippen molar-refractivity contribution in [1.82, 2.24) is 15.0 Å². The summed E-state index contributed by atoms with van der Waals surface area (Å²) in [4.78, 5) is 13.7. The highest BCUT2D eigenvalue weighted by molar-refractivity contribution is 7.18. The first kappa shape index (κ1) is 17.8. The molecule has 0 aliphatic rings. The Morgan fingerprint density at radius 2 is 1.68 bits per heavy atom. The van der Waals surface area contributed by atoms with Gasteiger partial charge in [-0.05, 0) is 18.2 Å². The van der Waals surface area contributed by atoms with Crippen LogP contribution in [0.5, 0.6) is 0 Å². The second kappa shape index (κ2) is 10.5. The molecule has 3 aromatic rings. The number of aromatic nitrogens is 3. The fourth-order valence-corrected chi connectivity index (χ4v) is 2.33. The molecule has 0 radical (unpaired) electrons. The van der Waals surface area contributed by atoms with Gasteiger partial charge >= 0.3 is 0 Å². The highest BCUT2D eigenvalue weighted by atomic mass is 32.1. The van der Waals surface area contributed by atoms with Crippen molar-refractivity contribution in [3.8, 4) is 10.4 Å². The Morgan fingerprint density at radius 1 is 0.864 bits per heavy atom. The minimum absolute atomic E-state index is 0.796. The molecule has 1 N–H and O–H groups in total. The topological polar surface area (TPSA) is 50.7 Å². The predicted molar refractivity (Wildman–Crippen MR) is 95.6 cm³/mol. The van der Waals surface area contributed by atoms with Gasteiger partial charge in [-0.25, -0.2) is 9.97 Å². The maximum absolute atomic E-state index is 4.33. The second-order valence-electron chi connectivity index (χ2n) is 3.61. The molecule has 0 unspecified atom stereocenters. The molecule has 22 heavy (non-hydrogen) atoms. The average Bonchev–Trinajstić information content (AvgIpc) is 3.09. The lowest BCUT2D eigenvalue weighted by Gasteiger charge is -1.99. The van der Waals surface area contributed by atoms with Crippen LogP contribution in [0, 0.1) is 0 Å². The molecule has 0 aromatic carbocycles. The normalized spacial score (nSPS) is 8.91. The van der Waals surface area contributed by atoms with E-state index in [9.17, 15) is 0 Å². The number of anilines is 2. The molecule has 3 rings (SSSR count). The van der Waals surface area contributed by atoms with Crippen molar-refractivity contribution in [2.24, 2.45) is 0 Å². The standard InChI is InChI=1S/C13H10N4S.2C2H6/c1-2-7-15-12(5-1)17-13-16-9-11(18-13)10-4-3-6-14-8-10;2*1-2/h1-9H,(H,15,16,17);2*1-2H3. The summed E-state index contributed by atoms with van der Waals surface area (Å²) in [5.74, 6) is 0.796. The van der Waals surface area contributed by atoms with Gasteiger partial charge < -0.3 is 5.32 Å². The summed E-state index contributed by atoms with van der Waals surface area (Å²) < 4.78 is 0. The highest BCUT2D eigenvalue weighted by Crippen LogP contribution is 2.29. The Bertz CT molecular complexity index is 623. The molecule has 5 heteroatoms. The molecule has 0 spiro atoms. The summed E-state index contributed by atoms with van der Waals surface area (Å²) in [6, 6.07) is 9.66. The van der Waals surface area contributed by atoms with Crippen LogP contribution in [-0.4, -0.2) is 15.0 Å². The zero-order valence-electron chi connectivity index (χ0n) is 13.4. The number of hydrogen-bond acceptors (Lipinski definition) is 5. The maximum atomic E-state index is 4.33. The lowest BCUT2D eigenvalue weighted by Crippen LogP contribution is -1.90. The van der Waals surface area contributed by atoms with Gasteiger partial charge in [0.25, 0.3) is 0 Å². The van der Waals surface area contributed by atoms with E-state index in [-0.39, 0.29) is 0 Å². The lowest BCUT2D eigenvalue weighted by molar-refractivity contribution is 1.29. The summed E-state index contributed by atoms with van der Waals surface area (Å²) in [5.41, 5.74) is 1.07. The van der Waals surface area contributed by atoms with E-state index >= 15 is 0 Å². The van der Waals surface area contributed by atoms with E-state index in [0.29, 0.717) is 0 Å². The Balaban J connectivity index is 0.000000561. The Labute approximate surface area is 136 Å². The Kier molecular flexibility index (Phi) is 8.45. The second-order valence-corrected chi connectivity index (χ2v) is 4.64. The summed E-state index contributed by atoms with van der Waals surface area (Å²) in [7, 11) is 0. The molecule has 3 heterocycles. The molecular formula is C17H22N4S. The van der Waals surface area contributed by atoms with Crippen LogP contribution in [0.2, 0.25) is 0 Å². The molecule has 0 amide bonds. The molecule has 4 nitrogen and oxygen atoms in total. The van der Waals surface area contributed by atoms with E-state index < -0.39 is 0 Å². The van der Waals surface area contributed by atoms with Gasteiger partial charge in [0.1, 0.15) is 5.82 Å². The number of hydrogen-bond donors (Lipinski definition) is 1. The fraction of sp³-hybridized carbons (Fsp3) is 0.235. The van der Waals surface area contributed by atoms with Crippen LogP contribution < -0.4 is 5.32 Å². The van der Waals surface area contributed by atoms with E-state index in [1.807, 2.05) is 70.4 Å². The largest absolute Gasteiger partial charge is 0.316 e. The summed E-state index contributed by atoms with van der Waals surface area (Å²) in [5, 5.41) is 4.00. The van der Waals surface area contributed by atoms with Crippen molar-refractivity contribution in [3.05, 3.63) is 55.1 Å². The maximum Gasteiger partial charge on any atom is 0.188 e. The number of pyridine rings is 2. The number of rotatable bonds is 3. The summed E-state index contributed by atoms with van der Waals surface area (Å²) >= 11 is 1.58. The first-order valence-corrected chi connectivity index (χ1v) is 8.28. The van der Waals surface area contributed by atoms with Gasteiger partial charge in [-0.1, -0.05) is 51.2 Å². The highest BCUT2D eigenvalue weighted by Gasteiger charge is 2.04. The van der Waals surface area contributed by atoms with Crippen LogP contribution in [0.25, 0.3) is 10.4 Å².